The summed E-state index contributed by atoms with van der Waals surface area (Å²) < 4.78 is 44.1. The third kappa shape index (κ3) is 7.40. The Balaban J connectivity index is 0.00000364. The van der Waals surface area contributed by atoms with Gasteiger partial charge in [0, 0.05) is 32.7 Å². The first-order chi connectivity index (χ1) is 12.4. The summed E-state index contributed by atoms with van der Waals surface area (Å²) in [6.07, 6.45) is -2.32. The van der Waals surface area contributed by atoms with E-state index >= 15 is 0 Å². The molecule has 0 saturated carbocycles. The molecule has 0 unspecified atom stereocenters. The van der Waals surface area contributed by atoms with Crippen LogP contribution in [-0.4, -0.2) is 56.7 Å². The number of carbonyl (C=O) groups excluding carboxylic acids is 1. The third-order valence-corrected chi connectivity index (χ3v) is 4.05. The summed E-state index contributed by atoms with van der Waals surface area (Å²) in [4.78, 5) is 14.6. The van der Waals surface area contributed by atoms with E-state index in [9.17, 15) is 18.0 Å². The number of halogens is 4. The fourth-order valence-corrected chi connectivity index (χ4v) is 2.69. The van der Waals surface area contributed by atoms with E-state index < -0.39 is 17.6 Å². The summed E-state index contributed by atoms with van der Waals surface area (Å²) in [6, 6.07) is 2.89. The van der Waals surface area contributed by atoms with E-state index in [1.165, 1.54) is 12.1 Å². The highest BCUT2D eigenvalue weighted by atomic mass is 35.5. The van der Waals surface area contributed by atoms with Gasteiger partial charge in [0.1, 0.15) is 12.4 Å². The number of nitrogens with zero attached hydrogens (tertiary/aromatic N) is 1. The Morgan fingerprint density at radius 1 is 1.33 bits per heavy atom. The van der Waals surface area contributed by atoms with Gasteiger partial charge in [-0.2, -0.15) is 13.2 Å². The Morgan fingerprint density at radius 2 is 2.04 bits per heavy atom. The highest BCUT2D eigenvalue weighted by Crippen LogP contribution is 2.32. The maximum absolute atomic E-state index is 12.9. The molecule has 2 rings (SSSR count). The van der Waals surface area contributed by atoms with Crippen molar-refractivity contribution < 1.29 is 22.7 Å². The standard InChI is InChI=1S/C18H24F3N3O2.ClH/c1-2-12-26-16-5-4-14(18(19,20)21)13-15(16)17(25)23-6-3-9-24-10-7-22-8-11-24;/h2,4-5,13,22H,1,3,6-12H2,(H,23,25);1H. The van der Waals surface area contributed by atoms with Crippen LogP contribution in [0.4, 0.5) is 13.2 Å². The number of hydrogen-bond donors (Lipinski definition) is 2. The predicted octanol–water partition coefficient (Wildman–Crippen LogP) is 2.72. The van der Waals surface area contributed by atoms with E-state index in [1.54, 1.807) is 0 Å². The molecule has 0 atom stereocenters. The predicted molar refractivity (Wildman–Crippen MR) is 101 cm³/mol. The monoisotopic (exact) mass is 407 g/mol. The second kappa shape index (κ2) is 11.2. The minimum atomic E-state index is -4.52. The quantitative estimate of drug-likeness (QED) is 0.514. The normalized spacial score (nSPS) is 14.9. The van der Waals surface area contributed by atoms with Crippen molar-refractivity contribution >= 4 is 18.3 Å². The maximum Gasteiger partial charge on any atom is 0.416 e. The van der Waals surface area contributed by atoms with Crippen LogP contribution in [0.3, 0.4) is 0 Å². The van der Waals surface area contributed by atoms with Gasteiger partial charge in [0.25, 0.3) is 5.91 Å². The lowest BCUT2D eigenvalue weighted by atomic mass is 10.1. The number of nitrogens with one attached hydrogen (secondary N) is 2. The summed E-state index contributed by atoms with van der Waals surface area (Å²) in [6.45, 7) is 8.64. The SMILES string of the molecule is C=CCOc1ccc(C(F)(F)F)cc1C(=O)NCCCN1CCNCC1.Cl. The molecular weight excluding hydrogens is 383 g/mol. The van der Waals surface area contributed by atoms with Crippen molar-refractivity contribution in [2.45, 2.75) is 12.6 Å². The lowest BCUT2D eigenvalue weighted by molar-refractivity contribution is -0.137. The van der Waals surface area contributed by atoms with Crippen LogP contribution < -0.4 is 15.4 Å². The molecule has 1 aromatic carbocycles. The molecule has 27 heavy (non-hydrogen) atoms. The van der Waals surface area contributed by atoms with Gasteiger partial charge in [-0.05, 0) is 31.2 Å². The van der Waals surface area contributed by atoms with Gasteiger partial charge in [0.05, 0.1) is 11.1 Å². The molecular formula is C18H25ClF3N3O2. The van der Waals surface area contributed by atoms with Gasteiger partial charge in [-0.1, -0.05) is 12.7 Å². The van der Waals surface area contributed by atoms with E-state index in [0.29, 0.717) is 6.54 Å². The smallest absolute Gasteiger partial charge is 0.416 e. The van der Waals surface area contributed by atoms with Gasteiger partial charge >= 0.3 is 6.18 Å². The number of ether oxygens (including phenoxy) is 1. The van der Waals surface area contributed by atoms with Gasteiger partial charge in [0.15, 0.2) is 0 Å². The second-order valence-electron chi connectivity index (χ2n) is 6.01. The van der Waals surface area contributed by atoms with Crippen molar-refractivity contribution in [3.63, 3.8) is 0 Å². The molecule has 9 heteroatoms. The third-order valence-electron chi connectivity index (χ3n) is 4.05. The zero-order chi connectivity index (χ0) is 19.0. The Hall–Kier alpha value is -1.77. The molecule has 1 aromatic rings. The van der Waals surface area contributed by atoms with Gasteiger partial charge in [-0.15, -0.1) is 12.4 Å². The van der Waals surface area contributed by atoms with E-state index in [2.05, 4.69) is 22.1 Å². The molecule has 1 saturated heterocycles. The minimum absolute atomic E-state index is 0. The maximum atomic E-state index is 12.9. The molecule has 0 radical (unpaired) electrons. The van der Waals surface area contributed by atoms with Crippen molar-refractivity contribution in [1.29, 1.82) is 0 Å². The van der Waals surface area contributed by atoms with Gasteiger partial charge < -0.3 is 20.3 Å². The first-order valence-corrected chi connectivity index (χ1v) is 8.58. The molecule has 152 valence electrons. The van der Waals surface area contributed by atoms with Crippen LogP contribution >= 0.6 is 12.4 Å². The van der Waals surface area contributed by atoms with E-state index in [-0.39, 0.29) is 30.3 Å². The van der Waals surface area contributed by atoms with Crippen LogP contribution in [0.25, 0.3) is 0 Å². The zero-order valence-corrected chi connectivity index (χ0v) is 15.8. The molecule has 0 aromatic heterocycles. The van der Waals surface area contributed by atoms with Crippen LogP contribution in [0.1, 0.15) is 22.3 Å². The summed E-state index contributed by atoms with van der Waals surface area (Å²) in [5, 5.41) is 5.94. The number of benzene rings is 1. The molecule has 2 N–H and O–H groups in total. The molecule has 0 aliphatic carbocycles. The van der Waals surface area contributed by atoms with Crippen molar-refractivity contribution in [3.05, 3.63) is 42.0 Å². The lowest BCUT2D eigenvalue weighted by Gasteiger charge is -2.27. The molecule has 0 spiro atoms. The molecule has 1 aliphatic heterocycles. The number of rotatable bonds is 8. The number of hydrogen-bond acceptors (Lipinski definition) is 4. The first kappa shape index (κ1) is 23.3. The molecule has 1 amide bonds. The van der Waals surface area contributed by atoms with E-state index in [1.807, 2.05) is 0 Å². The highest BCUT2D eigenvalue weighted by Gasteiger charge is 2.32. The Morgan fingerprint density at radius 3 is 2.67 bits per heavy atom. The highest BCUT2D eigenvalue weighted by molar-refractivity contribution is 5.97. The summed E-state index contributed by atoms with van der Waals surface area (Å²) in [5.74, 6) is -0.465. The lowest BCUT2D eigenvalue weighted by Crippen LogP contribution is -2.44. The first-order valence-electron chi connectivity index (χ1n) is 8.58. The van der Waals surface area contributed by atoms with Crippen LogP contribution in [0.15, 0.2) is 30.9 Å². The summed E-state index contributed by atoms with van der Waals surface area (Å²) >= 11 is 0. The van der Waals surface area contributed by atoms with Gasteiger partial charge in [-0.25, -0.2) is 0 Å². The van der Waals surface area contributed by atoms with Crippen molar-refractivity contribution in [3.8, 4) is 5.75 Å². The Labute approximate surface area is 163 Å². The van der Waals surface area contributed by atoms with E-state index in [0.717, 1.165) is 51.3 Å². The molecule has 5 nitrogen and oxygen atoms in total. The second-order valence-corrected chi connectivity index (χ2v) is 6.01. The van der Waals surface area contributed by atoms with Crippen molar-refractivity contribution in [2.75, 3.05) is 45.9 Å². The fourth-order valence-electron chi connectivity index (χ4n) is 2.69. The molecule has 0 bridgehead atoms. The van der Waals surface area contributed by atoms with Crippen molar-refractivity contribution in [1.82, 2.24) is 15.5 Å². The largest absolute Gasteiger partial charge is 0.489 e. The van der Waals surface area contributed by atoms with Crippen LogP contribution in [-0.2, 0) is 6.18 Å². The summed E-state index contributed by atoms with van der Waals surface area (Å²) in [5.41, 5.74) is -1.00. The average Bonchev–Trinajstić information content (AvgIpc) is 2.63. The molecule has 1 fully saturated rings. The zero-order valence-electron chi connectivity index (χ0n) is 15.0. The van der Waals surface area contributed by atoms with Crippen LogP contribution in [0, 0.1) is 0 Å². The summed E-state index contributed by atoms with van der Waals surface area (Å²) in [7, 11) is 0. The topological polar surface area (TPSA) is 53.6 Å². The average molecular weight is 408 g/mol. The van der Waals surface area contributed by atoms with Crippen LogP contribution in [0.2, 0.25) is 0 Å². The number of alkyl halides is 3. The van der Waals surface area contributed by atoms with E-state index in [4.69, 9.17) is 4.74 Å². The van der Waals surface area contributed by atoms with Crippen molar-refractivity contribution in [2.24, 2.45) is 0 Å². The van der Waals surface area contributed by atoms with Gasteiger partial charge in [0.2, 0.25) is 0 Å². The minimum Gasteiger partial charge on any atom is -0.489 e. The van der Waals surface area contributed by atoms with Gasteiger partial charge in [-0.3, -0.25) is 4.79 Å². The Kier molecular flexibility index (Phi) is 9.62. The number of piperazine rings is 1. The molecule has 1 heterocycles. The van der Waals surface area contributed by atoms with Crippen LogP contribution in [0.5, 0.6) is 5.75 Å². The Bertz CT molecular complexity index is 620. The molecule has 1 aliphatic rings. The fraction of sp³-hybridized carbons (Fsp3) is 0.500. The number of amides is 1. The number of carbonyl (C=O) groups is 1.